The van der Waals surface area contributed by atoms with Gasteiger partial charge in [-0.1, -0.05) is 33.6 Å². The molecule has 1 aromatic rings. The van der Waals surface area contributed by atoms with Gasteiger partial charge in [0.2, 0.25) is 5.91 Å². The van der Waals surface area contributed by atoms with Crippen LogP contribution < -0.4 is 15.2 Å². The number of nitrogens with two attached hydrogens (primary N) is 1. The van der Waals surface area contributed by atoms with Crippen molar-refractivity contribution in [2.75, 3.05) is 14.2 Å². The second-order valence-electron chi connectivity index (χ2n) is 10.1. The average molecular weight is 452 g/mol. The van der Waals surface area contributed by atoms with Crippen LogP contribution in [0.4, 0.5) is 0 Å². The summed E-state index contributed by atoms with van der Waals surface area (Å²) < 4.78 is 24.6. The Bertz CT molecular complexity index is 728. The van der Waals surface area contributed by atoms with Gasteiger partial charge in [-0.25, -0.2) is 0 Å². The summed E-state index contributed by atoms with van der Waals surface area (Å²) in [7, 11) is 1.09. The number of primary amides is 1. The van der Waals surface area contributed by atoms with E-state index in [-0.39, 0.29) is 17.6 Å². The van der Waals surface area contributed by atoms with Crippen LogP contribution in [0, 0.1) is 6.92 Å². The number of carbonyl (C=O) groups is 1. The van der Waals surface area contributed by atoms with Crippen LogP contribution in [-0.4, -0.2) is 40.7 Å². The minimum atomic E-state index is -2.20. The first kappa shape index (κ1) is 25.7. The molecule has 1 aliphatic carbocycles. The highest BCUT2D eigenvalue weighted by molar-refractivity contribution is 6.74. The molecule has 1 fully saturated rings. The van der Waals surface area contributed by atoms with Crippen LogP contribution >= 0.6 is 0 Å². The number of benzene rings is 1. The van der Waals surface area contributed by atoms with E-state index in [1.54, 1.807) is 14.2 Å². The van der Waals surface area contributed by atoms with E-state index in [1.807, 2.05) is 19.1 Å². The van der Waals surface area contributed by atoms with Gasteiger partial charge in [0.05, 0.1) is 39.0 Å². The average Bonchev–Trinajstić information content (AvgIpc) is 3.18. The van der Waals surface area contributed by atoms with Gasteiger partial charge in [-0.05, 0) is 55.6 Å². The molecule has 1 aromatic carbocycles. The molecule has 0 aliphatic heterocycles. The maximum absolute atomic E-state index is 12.0. The van der Waals surface area contributed by atoms with Crippen molar-refractivity contribution in [3.8, 4) is 11.5 Å². The van der Waals surface area contributed by atoms with E-state index in [0.29, 0.717) is 0 Å². The van der Waals surface area contributed by atoms with Crippen molar-refractivity contribution in [2.24, 2.45) is 5.73 Å². The highest BCUT2D eigenvalue weighted by atomic mass is 28.4. The van der Waals surface area contributed by atoms with Crippen LogP contribution in [-0.2, 0) is 14.0 Å². The Kier molecular flexibility index (Phi) is 8.59. The van der Waals surface area contributed by atoms with Gasteiger partial charge in [-0.3, -0.25) is 4.79 Å². The molecule has 176 valence electrons. The van der Waals surface area contributed by atoms with E-state index in [0.717, 1.165) is 48.3 Å². The van der Waals surface area contributed by atoms with Crippen LogP contribution in [0.15, 0.2) is 12.1 Å². The third-order valence-corrected chi connectivity index (χ3v) is 11.2. The Labute approximate surface area is 188 Å². The second-order valence-corrected chi connectivity index (χ2v) is 14.9. The Morgan fingerprint density at radius 2 is 1.65 bits per heavy atom. The summed E-state index contributed by atoms with van der Waals surface area (Å²) in [6.07, 6.45) is 3.62. The summed E-state index contributed by atoms with van der Waals surface area (Å²) >= 11 is 0. The van der Waals surface area contributed by atoms with Gasteiger partial charge in [0.1, 0.15) is 11.5 Å². The van der Waals surface area contributed by atoms with E-state index < -0.39 is 26.4 Å². The zero-order valence-corrected chi connectivity index (χ0v) is 21.5. The van der Waals surface area contributed by atoms with Gasteiger partial charge in [0, 0.05) is 5.56 Å². The quantitative estimate of drug-likeness (QED) is 0.490. The molecule has 7 heteroatoms. The van der Waals surface area contributed by atoms with Gasteiger partial charge in [-0.2, -0.15) is 0 Å². The van der Waals surface area contributed by atoms with Crippen LogP contribution in [0.25, 0.3) is 0 Å². The smallest absolute Gasteiger partial charge is 0.220 e. The van der Waals surface area contributed by atoms with E-state index >= 15 is 0 Å². The highest BCUT2D eigenvalue weighted by Crippen LogP contribution is 2.43. The number of amides is 1. The van der Waals surface area contributed by atoms with Crippen molar-refractivity contribution in [2.45, 2.75) is 96.2 Å². The Hall–Kier alpha value is -1.57. The molecule has 0 unspecified atom stereocenters. The predicted octanol–water partition coefficient (Wildman–Crippen LogP) is 5.28. The van der Waals surface area contributed by atoms with Crippen LogP contribution in [0.5, 0.6) is 11.5 Å². The molecule has 2 N–H and O–H groups in total. The predicted molar refractivity (Wildman–Crippen MR) is 126 cm³/mol. The number of ether oxygens (including phenoxy) is 3. The maximum atomic E-state index is 12.0. The van der Waals surface area contributed by atoms with E-state index in [1.165, 1.54) is 0 Å². The fourth-order valence-corrected chi connectivity index (χ4v) is 5.10. The molecule has 0 spiro atoms. The zero-order chi connectivity index (χ0) is 23.4. The number of hydrogen-bond donors (Lipinski definition) is 1. The monoisotopic (exact) mass is 451 g/mol. The summed E-state index contributed by atoms with van der Waals surface area (Å²) in [6, 6.07) is 3.95. The van der Waals surface area contributed by atoms with E-state index in [9.17, 15) is 4.79 Å². The Morgan fingerprint density at radius 1 is 1.13 bits per heavy atom. The maximum Gasteiger partial charge on any atom is 0.220 e. The molecule has 31 heavy (non-hydrogen) atoms. The van der Waals surface area contributed by atoms with Gasteiger partial charge in [-0.15, -0.1) is 0 Å². The molecular weight excluding hydrogens is 410 g/mol. The topological polar surface area (TPSA) is 80.0 Å². The van der Waals surface area contributed by atoms with Crippen molar-refractivity contribution in [3.63, 3.8) is 0 Å². The van der Waals surface area contributed by atoms with Crippen molar-refractivity contribution in [1.29, 1.82) is 0 Å². The molecule has 0 aromatic heterocycles. The fourth-order valence-electron chi connectivity index (χ4n) is 3.82. The molecule has 1 saturated carbocycles. The summed E-state index contributed by atoms with van der Waals surface area (Å²) in [5.41, 5.74) is 7.46. The summed E-state index contributed by atoms with van der Waals surface area (Å²) in [5.74, 6) is 1.05. The lowest BCUT2D eigenvalue weighted by Gasteiger charge is -2.42. The molecule has 0 heterocycles. The summed E-state index contributed by atoms with van der Waals surface area (Å²) in [5, 5.41) is -0.00521. The molecule has 2 atom stereocenters. The minimum absolute atomic E-state index is 0.00521. The van der Waals surface area contributed by atoms with Crippen molar-refractivity contribution in [1.82, 2.24) is 0 Å². The molecular formula is C24H41NO5Si. The third-order valence-electron chi connectivity index (χ3n) is 6.74. The standard InChI is InChI=1S/C24H41NO5Si/c1-16-19(27-5)13-17(14-20(16)28-6)23(30-31(7,8)24(2,3)4)21(15-22(25)26)29-18-11-9-10-12-18/h13-14,18,21,23H,9-12,15H2,1-8H3,(H2,25,26)/t21-,23+/m0/s1. The van der Waals surface area contributed by atoms with Crippen molar-refractivity contribution in [3.05, 3.63) is 23.3 Å². The summed E-state index contributed by atoms with van der Waals surface area (Å²) in [6.45, 7) is 13.0. The molecule has 1 aliphatic rings. The first-order chi connectivity index (χ1) is 14.4. The molecule has 2 rings (SSSR count). The van der Waals surface area contributed by atoms with Crippen molar-refractivity contribution >= 4 is 14.2 Å². The zero-order valence-electron chi connectivity index (χ0n) is 20.5. The first-order valence-electron chi connectivity index (χ1n) is 11.2. The van der Waals surface area contributed by atoms with E-state index in [4.69, 9.17) is 24.4 Å². The van der Waals surface area contributed by atoms with Gasteiger partial charge in [0.15, 0.2) is 8.32 Å². The molecule has 1 amide bonds. The van der Waals surface area contributed by atoms with Crippen LogP contribution in [0.2, 0.25) is 18.1 Å². The van der Waals surface area contributed by atoms with Gasteiger partial charge in [0.25, 0.3) is 0 Å². The number of carbonyl (C=O) groups excluding carboxylic acids is 1. The number of hydrogen-bond acceptors (Lipinski definition) is 5. The molecule has 6 nitrogen and oxygen atoms in total. The fraction of sp³-hybridized carbons (Fsp3) is 0.708. The lowest BCUT2D eigenvalue weighted by molar-refractivity contribution is -0.127. The van der Waals surface area contributed by atoms with Crippen LogP contribution in [0.1, 0.15) is 70.1 Å². The normalized spacial score (nSPS) is 17.4. The first-order valence-corrected chi connectivity index (χ1v) is 14.1. The van der Waals surface area contributed by atoms with E-state index in [2.05, 4.69) is 33.9 Å². The number of methoxy groups -OCH3 is 2. The second kappa shape index (κ2) is 10.4. The minimum Gasteiger partial charge on any atom is -0.496 e. The Balaban J connectivity index is 2.56. The Morgan fingerprint density at radius 3 is 2.06 bits per heavy atom. The third kappa shape index (κ3) is 6.46. The largest absolute Gasteiger partial charge is 0.496 e. The van der Waals surface area contributed by atoms with Crippen molar-refractivity contribution < 1.29 is 23.4 Å². The molecule has 0 radical (unpaired) electrons. The van der Waals surface area contributed by atoms with Crippen LogP contribution in [0.3, 0.4) is 0 Å². The summed E-state index contributed by atoms with van der Waals surface area (Å²) in [4.78, 5) is 12.0. The lowest BCUT2D eigenvalue weighted by Crippen LogP contribution is -2.45. The lowest BCUT2D eigenvalue weighted by atomic mass is 9.99. The van der Waals surface area contributed by atoms with Gasteiger partial charge < -0.3 is 24.4 Å². The molecule has 0 bridgehead atoms. The number of rotatable bonds is 10. The highest BCUT2D eigenvalue weighted by Gasteiger charge is 2.42. The molecule has 0 saturated heterocycles. The SMILES string of the molecule is COc1cc([C@@H](O[Si](C)(C)C(C)(C)C)[C@H](CC(N)=O)OC2CCCC2)cc(OC)c1C. The van der Waals surface area contributed by atoms with Gasteiger partial charge >= 0.3 is 0 Å².